The van der Waals surface area contributed by atoms with Crippen LogP contribution in [0.4, 0.5) is 5.82 Å². The van der Waals surface area contributed by atoms with Gasteiger partial charge in [-0.05, 0) is 28.1 Å². The Balaban J connectivity index is 2.73. The Hall–Kier alpha value is -1.10. The largest absolute Gasteiger partial charge is 0.481 e. The molecule has 0 aromatic carbocycles. The number of aromatic nitrogens is 1. The van der Waals surface area contributed by atoms with Crippen molar-refractivity contribution in [3.05, 3.63) is 22.8 Å². The van der Waals surface area contributed by atoms with E-state index in [2.05, 4.69) is 20.9 Å². The summed E-state index contributed by atoms with van der Waals surface area (Å²) in [5.74, 6) is -0.455. The first-order valence-corrected chi connectivity index (χ1v) is 5.36. The Morgan fingerprint density at radius 2 is 2.40 bits per heavy atom. The van der Waals surface area contributed by atoms with Gasteiger partial charge in [0.25, 0.3) is 0 Å². The molecule has 1 unspecified atom stereocenters. The van der Waals surface area contributed by atoms with Crippen LogP contribution in [-0.4, -0.2) is 29.7 Å². The molecule has 1 aromatic rings. The Kier molecular flexibility index (Phi) is 4.08. The predicted molar refractivity (Wildman–Crippen MR) is 62.0 cm³/mol. The first kappa shape index (κ1) is 12.0. The first-order valence-electron chi connectivity index (χ1n) is 4.57. The standard InChI is InChI=1S/C10H13BrN2O2/c1-7(10(14)15)6-13(2)9-8(11)4-3-5-12-9/h3-5,7H,6H2,1-2H3,(H,14,15). The topological polar surface area (TPSA) is 53.4 Å². The zero-order valence-corrected chi connectivity index (χ0v) is 10.2. The maximum Gasteiger partial charge on any atom is 0.308 e. The summed E-state index contributed by atoms with van der Waals surface area (Å²) in [6, 6.07) is 3.70. The number of hydrogen-bond acceptors (Lipinski definition) is 3. The van der Waals surface area contributed by atoms with E-state index in [0.29, 0.717) is 6.54 Å². The second-order valence-electron chi connectivity index (χ2n) is 3.43. The maximum absolute atomic E-state index is 10.7. The van der Waals surface area contributed by atoms with Crippen LogP contribution >= 0.6 is 15.9 Å². The zero-order chi connectivity index (χ0) is 11.4. The lowest BCUT2D eigenvalue weighted by molar-refractivity contribution is -0.140. The monoisotopic (exact) mass is 272 g/mol. The molecule has 0 saturated heterocycles. The molecule has 0 amide bonds. The highest BCUT2D eigenvalue weighted by Gasteiger charge is 2.15. The fraction of sp³-hybridized carbons (Fsp3) is 0.400. The van der Waals surface area contributed by atoms with Crippen LogP contribution in [-0.2, 0) is 4.79 Å². The minimum Gasteiger partial charge on any atom is -0.481 e. The average molecular weight is 273 g/mol. The molecule has 15 heavy (non-hydrogen) atoms. The SMILES string of the molecule is CC(CN(C)c1ncccc1Br)C(=O)O. The molecule has 1 N–H and O–H groups in total. The van der Waals surface area contributed by atoms with Gasteiger partial charge in [-0.3, -0.25) is 4.79 Å². The Bertz CT molecular complexity index is 357. The van der Waals surface area contributed by atoms with E-state index in [1.807, 2.05) is 24.1 Å². The van der Waals surface area contributed by atoms with E-state index in [4.69, 9.17) is 5.11 Å². The second kappa shape index (κ2) is 5.11. The smallest absolute Gasteiger partial charge is 0.308 e. The van der Waals surface area contributed by atoms with Crippen LogP contribution < -0.4 is 4.90 Å². The summed E-state index contributed by atoms with van der Waals surface area (Å²) in [4.78, 5) is 16.7. The van der Waals surface area contributed by atoms with E-state index < -0.39 is 11.9 Å². The molecule has 1 heterocycles. The summed E-state index contributed by atoms with van der Waals surface area (Å²) in [7, 11) is 1.83. The first-order chi connectivity index (χ1) is 7.02. The molecule has 4 nitrogen and oxygen atoms in total. The third-order valence-corrected chi connectivity index (χ3v) is 2.69. The number of hydrogen-bond donors (Lipinski definition) is 1. The van der Waals surface area contributed by atoms with Gasteiger partial charge in [-0.15, -0.1) is 0 Å². The third kappa shape index (κ3) is 3.20. The highest BCUT2D eigenvalue weighted by atomic mass is 79.9. The number of anilines is 1. The lowest BCUT2D eigenvalue weighted by atomic mass is 10.2. The molecule has 0 aliphatic rings. The van der Waals surface area contributed by atoms with E-state index in [-0.39, 0.29) is 0 Å². The van der Waals surface area contributed by atoms with Crippen LogP contribution in [0.5, 0.6) is 0 Å². The van der Waals surface area contributed by atoms with Crippen molar-refractivity contribution in [3.63, 3.8) is 0 Å². The number of carboxylic acid groups (broad SMARTS) is 1. The maximum atomic E-state index is 10.7. The predicted octanol–water partition coefficient (Wildman–Crippen LogP) is 2.00. The highest BCUT2D eigenvalue weighted by molar-refractivity contribution is 9.10. The summed E-state index contributed by atoms with van der Waals surface area (Å²) in [5, 5.41) is 8.79. The molecule has 0 fully saturated rings. The number of aliphatic carboxylic acids is 1. The fourth-order valence-electron chi connectivity index (χ4n) is 1.23. The highest BCUT2D eigenvalue weighted by Crippen LogP contribution is 2.22. The van der Waals surface area contributed by atoms with E-state index >= 15 is 0 Å². The summed E-state index contributed by atoms with van der Waals surface area (Å²) >= 11 is 3.37. The van der Waals surface area contributed by atoms with Crippen molar-refractivity contribution in [1.29, 1.82) is 0 Å². The van der Waals surface area contributed by atoms with Crippen LogP contribution in [0.2, 0.25) is 0 Å². The molecule has 0 saturated carbocycles. The van der Waals surface area contributed by atoms with Gasteiger partial charge in [0.2, 0.25) is 0 Å². The van der Waals surface area contributed by atoms with Gasteiger partial charge in [-0.25, -0.2) is 4.98 Å². The summed E-state index contributed by atoms with van der Waals surface area (Å²) < 4.78 is 0.866. The number of carboxylic acids is 1. The number of pyridine rings is 1. The molecule has 1 rings (SSSR count). The van der Waals surface area contributed by atoms with Crippen molar-refractivity contribution in [2.75, 3.05) is 18.5 Å². The second-order valence-corrected chi connectivity index (χ2v) is 4.28. The molecule has 1 aromatic heterocycles. The lowest BCUT2D eigenvalue weighted by Gasteiger charge is -2.21. The van der Waals surface area contributed by atoms with Crippen LogP contribution in [0.3, 0.4) is 0 Å². The Morgan fingerprint density at radius 3 is 2.93 bits per heavy atom. The van der Waals surface area contributed by atoms with E-state index in [1.165, 1.54) is 0 Å². The van der Waals surface area contributed by atoms with Gasteiger partial charge < -0.3 is 10.0 Å². The number of rotatable bonds is 4. The molecule has 5 heteroatoms. The van der Waals surface area contributed by atoms with Crippen LogP contribution in [0.25, 0.3) is 0 Å². The molecule has 0 aliphatic carbocycles. The minimum absolute atomic E-state index is 0.413. The van der Waals surface area contributed by atoms with E-state index in [0.717, 1.165) is 10.3 Å². The number of halogens is 1. The Labute approximate surface area is 97.1 Å². The van der Waals surface area contributed by atoms with Crippen molar-refractivity contribution < 1.29 is 9.90 Å². The summed E-state index contributed by atoms with van der Waals surface area (Å²) in [6.45, 7) is 2.11. The van der Waals surface area contributed by atoms with Crippen LogP contribution in [0.1, 0.15) is 6.92 Å². The molecular weight excluding hydrogens is 260 g/mol. The molecule has 1 atom stereocenters. The van der Waals surface area contributed by atoms with Crippen molar-refractivity contribution in [2.24, 2.45) is 5.92 Å². The summed E-state index contributed by atoms with van der Waals surface area (Å²) in [5.41, 5.74) is 0. The molecule has 0 radical (unpaired) electrons. The van der Waals surface area contributed by atoms with Gasteiger partial charge in [0.1, 0.15) is 5.82 Å². The third-order valence-electron chi connectivity index (χ3n) is 2.07. The molecule has 82 valence electrons. The van der Waals surface area contributed by atoms with Crippen LogP contribution in [0, 0.1) is 5.92 Å². The molecular formula is C10H13BrN2O2. The average Bonchev–Trinajstić information content (AvgIpc) is 2.18. The summed E-state index contributed by atoms with van der Waals surface area (Å²) in [6.07, 6.45) is 1.68. The minimum atomic E-state index is -0.797. The van der Waals surface area contributed by atoms with E-state index in [1.54, 1.807) is 13.1 Å². The molecule has 0 aliphatic heterocycles. The van der Waals surface area contributed by atoms with Gasteiger partial charge >= 0.3 is 5.97 Å². The zero-order valence-electron chi connectivity index (χ0n) is 8.64. The Morgan fingerprint density at radius 1 is 1.73 bits per heavy atom. The van der Waals surface area contributed by atoms with Crippen molar-refractivity contribution >= 4 is 27.7 Å². The molecule has 0 spiro atoms. The quantitative estimate of drug-likeness (QED) is 0.911. The van der Waals surface area contributed by atoms with Gasteiger partial charge in [0, 0.05) is 19.8 Å². The fourth-order valence-corrected chi connectivity index (χ4v) is 1.79. The van der Waals surface area contributed by atoms with Crippen LogP contribution in [0.15, 0.2) is 22.8 Å². The van der Waals surface area contributed by atoms with Crippen molar-refractivity contribution in [1.82, 2.24) is 4.98 Å². The van der Waals surface area contributed by atoms with Gasteiger partial charge in [0.15, 0.2) is 0 Å². The van der Waals surface area contributed by atoms with Crippen molar-refractivity contribution in [3.8, 4) is 0 Å². The van der Waals surface area contributed by atoms with Gasteiger partial charge in [-0.2, -0.15) is 0 Å². The normalized spacial score (nSPS) is 12.2. The van der Waals surface area contributed by atoms with E-state index in [9.17, 15) is 4.79 Å². The lowest BCUT2D eigenvalue weighted by Crippen LogP contribution is -2.29. The number of nitrogens with zero attached hydrogens (tertiary/aromatic N) is 2. The van der Waals surface area contributed by atoms with Gasteiger partial charge in [0.05, 0.1) is 10.4 Å². The van der Waals surface area contributed by atoms with Crippen molar-refractivity contribution in [2.45, 2.75) is 6.92 Å². The molecule has 0 bridgehead atoms. The van der Waals surface area contributed by atoms with Gasteiger partial charge in [-0.1, -0.05) is 6.92 Å². The number of carbonyl (C=O) groups is 1.